The second-order valence-electron chi connectivity index (χ2n) is 8.13. The number of hydrogen-bond donors (Lipinski definition) is 1. The van der Waals surface area contributed by atoms with E-state index >= 15 is 0 Å². The van der Waals surface area contributed by atoms with E-state index in [1.807, 2.05) is 4.90 Å². The number of nitrogens with one attached hydrogen (secondary N) is 1. The maximum absolute atomic E-state index is 13.8. The van der Waals surface area contributed by atoms with Crippen molar-refractivity contribution in [2.75, 3.05) is 19.7 Å². The molecule has 164 valence electrons. The molecule has 1 N–H and O–H groups in total. The zero-order valence-corrected chi connectivity index (χ0v) is 17.4. The van der Waals surface area contributed by atoms with E-state index in [1.165, 1.54) is 18.6 Å². The molecule has 2 saturated heterocycles. The molecular formula is C23H27FN4O3. The van der Waals surface area contributed by atoms with Crippen molar-refractivity contribution in [3.05, 3.63) is 59.4 Å². The molecule has 3 heterocycles. The molecule has 0 bridgehead atoms. The summed E-state index contributed by atoms with van der Waals surface area (Å²) in [7, 11) is 0. The minimum absolute atomic E-state index is 0.101. The number of nitrogens with zero attached hydrogens (tertiary/aromatic N) is 3. The Labute approximate surface area is 181 Å². The summed E-state index contributed by atoms with van der Waals surface area (Å²) in [6.07, 6.45) is 6.80. The molecular weight excluding hydrogens is 399 g/mol. The molecule has 0 radical (unpaired) electrons. The number of hydrogen-bond acceptors (Lipinski definition) is 5. The fourth-order valence-corrected chi connectivity index (χ4v) is 4.23. The van der Waals surface area contributed by atoms with Crippen molar-refractivity contribution in [1.82, 2.24) is 20.2 Å². The van der Waals surface area contributed by atoms with Crippen LogP contribution < -0.4 is 5.32 Å². The zero-order chi connectivity index (χ0) is 21.6. The molecule has 2 aromatic rings. The van der Waals surface area contributed by atoms with E-state index in [9.17, 15) is 14.0 Å². The van der Waals surface area contributed by atoms with E-state index in [2.05, 4.69) is 15.3 Å². The molecule has 4 rings (SSSR count). The maximum atomic E-state index is 13.8. The van der Waals surface area contributed by atoms with Gasteiger partial charge in [0, 0.05) is 38.0 Å². The van der Waals surface area contributed by atoms with Gasteiger partial charge in [-0.1, -0.05) is 18.2 Å². The van der Waals surface area contributed by atoms with Gasteiger partial charge in [-0.2, -0.15) is 0 Å². The Bertz CT molecular complexity index is 925. The number of carbonyl (C=O) groups is 2. The number of rotatable bonds is 6. The predicted octanol–water partition coefficient (Wildman–Crippen LogP) is 2.51. The Morgan fingerprint density at radius 1 is 1.19 bits per heavy atom. The molecule has 2 amide bonds. The van der Waals surface area contributed by atoms with Crippen molar-refractivity contribution in [2.24, 2.45) is 5.92 Å². The Balaban J connectivity index is 1.33. The van der Waals surface area contributed by atoms with Crippen LogP contribution >= 0.6 is 0 Å². The van der Waals surface area contributed by atoms with Crippen LogP contribution in [-0.4, -0.2) is 52.5 Å². The van der Waals surface area contributed by atoms with Gasteiger partial charge in [0.05, 0.1) is 11.3 Å². The summed E-state index contributed by atoms with van der Waals surface area (Å²) in [5.74, 6) is -0.228. The fourth-order valence-electron chi connectivity index (χ4n) is 4.23. The number of halogens is 1. The third kappa shape index (κ3) is 5.25. The largest absolute Gasteiger partial charge is 0.368 e. The van der Waals surface area contributed by atoms with E-state index in [0.717, 1.165) is 25.7 Å². The number of piperidine rings is 1. The fraction of sp³-hybridized carbons (Fsp3) is 0.478. The molecule has 1 atom stereocenters. The van der Waals surface area contributed by atoms with Gasteiger partial charge in [0.25, 0.3) is 11.8 Å². The maximum Gasteiger partial charge on any atom is 0.254 e. The van der Waals surface area contributed by atoms with Gasteiger partial charge in [-0.3, -0.25) is 9.59 Å². The highest BCUT2D eigenvalue weighted by Gasteiger charge is 2.31. The molecule has 2 fully saturated rings. The number of amides is 2. The Morgan fingerprint density at radius 2 is 2.00 bits per heavy atom. The predicted molar refractivity (Wildman–Crippen MR) is 112 cm³/mol. The number of ether oxygens (including phenoxy) is 1. The van der Waals surface area contributed by atoms with Crippen LogP contribution in [0.4, 0.5) is 4.39 Å². The van der Waals surface area contributed by atoms with Gasteiger partial charge in [0.2, 0.25) is 0 Å². The Morgan fingerprint density at radius 3 is 2.74 bits per heavy atom. The molecule has 1 unspecified atom stereocenters. The minimum atomic E-state index is -0.350. The number of likely N-dealkylation sites (tertiary alicyclic amines) is 1. The topological polar surface area (TPSA) is 84.4 Å². The Hall–Kier alpha value is -2.87. The zero-order valence-electron chi connectivity index (χ0n) is 17.4. The molecule has 2 aliphatic heterocycles. The van der Waals surface area contributed by atoms with Crippen LogP contribution in [0.2, 0.25) is 0 Å². The Kier molecular flexibility index (Phi) is 6.86. The number of benzene rings is 1. The third-order valence-electron chi connectivity index (χ3n) is 6.05. The van der Waals surface area contributed by atoms with Gasteiger partial charge in [0.1, 0.15) is 18.2 Å². The molecule has 0 spiro atoms. The van der Waals surface area contributed by atoms with Crippen molar-refractivity contribution < 1.29 is 18.7 Å². The minimum Gasteiger partial charge on any atom is -0.368 e. The lowest BCUT2D eigenvalue weighted by Gasteiger charge is -2.33. The highest BCUT2D eigenvalue weighted by molar-refractivity contribution is 5.94. The van der Waals surface area contributed by atoms with E-state index in [0.29, 0.717) is 48.9 Å². The standard InChI is InChI=1S/C23H27FN4O3/c24-19-5-2-1-4-17(19)13-26-22(29)18-14-25-15-27-20(18)12-16-7-9-28(10-8-16)23(30)21-6-3-11-31-21/h1-2,4-5,14-16,21H,3,6-13H2,(H,26,29). The molecule has 0 aliphatic carbocycles. The normalized spacial score (nSPS) is 19.4. The second-order valence-corrected chi connectivity index (χ2v) is 8.13. The van der Waals surface area contributed by atoms with Crippen molar-refractivity contribution in [3.63, 3.8) is 0 Å². The van der Waals surface area contributed by atoms with Crippen LogP contribution in [0.15, 0.2) is 36.8 Å². The molecule has 0 saturated carbocycles. The van der Waals surface area contributed by atoms with E-state index < -0.39 is 0 Å². The third-order valence-corrected chi connectivity index (χ3v) is 6.05. The number of aromatic nitrogens is 2. The molecule has 8 heteroatoms. The van der Waals surface area contributed by atoms with Gasteiger partial charge in [-0.05, 0) is 44.1 Å². The monoisotopic (exact) mass is 426 g/mol. The molecule has 7 nitrogen and oxygen atoms in total. The first kappa shape index (κ1) is 21.4. The summed E-state index contributed by atoms with van der Waals surface area (Å²) in [5, 5.41) is 2.76. The van der Waals surface area contributed by atoms with Crippen LogP contribution in [0.25, 0.3) is 0 Å². The van der Waals surface area contributed by atoms with Gasteiger partial charge >= 0.3 is 0 Å². The summed E-state index contributed by atoms with van der Waals surface area (Å²) < 4.78 is 19.3. The average Bonchev–Trinajstić information content (AvgIpc) is 3.34. The smallest absolute Gasteiger partial charge is 0.254 e. The first-order valence-electron chi connectivity index (χ1n) is 10.8. The van der Waals surface area contributed by atoms with Crippen LogP contribution in [0.1, 0.15) is 47.3 Å². The number of carbonyl (C=O) groups excluding carboxylic acids is 2. The average molecular weight is 426 g/mol. The summed E-state index contributed by atoms with van der Waals surface area (Å²) in [6.45, 7) is 2.17. The van der Waals surface area contributed by atoms with Gasteiger partial charge in [-0.15, -0.1) is 0 Å². The van der Waals surface area contributed by atoms with E-state index in [4.69, 9.17) is 4.74 Å². The van der Waals surface area contributed by atoms with Gasteiger partial charge < -0.3 is 15.0 Å². The van der Waals surface area contributed by atoms with Crippen LogP contribution in [-0.2, 0) is 22.5 Å². The van der Waals surface area contributed by atoms with Crippen molar-refractivity contribution >= 4 is 11.8 Å². The summed E-state index contributed by atoms with van der Waals surface area (Å²) in [4.78, 5) is 35.5. The lowest BCUT2D eigenvalue weighted by atomic mass is 9.90. The SMILES string of the molecule is O=C(NCc1ccccc1F)c1cncnc1CC1CCN(C(=O)C2CCCO2)CC1. The second kappa shape index (κ2) is 9.96. The quantitative estimate of drug-likeness (QED) is 0.767. The van der Waals surface area contributed by atoms with Gasteiger partial charge in [0.15, 0.2) is 0 Å². The van der Waals surface area contributed by atoms with Crippen LogP contribution in [0.5, 0.6) is 0 Å². The van der Waals surface area contributed by atoms with Gasteiger partial charge in [-0.25, -0.2) is 14.4 Å². The summed E-state index contributed by atoms with van der Waals surface area (Å²) in [5.41, 5.74) is 1.53. The summed E-state index contributed by atoms with van der Waals surface area (Å²) >= 11 is 0. The lowest BCUT2D eigenvalue weighted by molar-refractivity contribution is -0.142. The molecule has 31 heavy (non-hydrogen) atoms. The highest BCUT2D eigenvalue weighted by atomic mass is 19.1. The van der Waals surface area contributed by atoms with E-state index in [1.54, 1.807) is 18.2 Å². The molecule has 1 aromatic heterocycles. The van der Waals surface area contributed by atoms with Crippen LogP contribution in [0.3, 0.4) is 0 Å². The van der Waals surface area contributed by atoms with Crippen molar-refractivity contribution in [2.45, 2.75) is 44.8 Å². The first-order valence-corrected chi connectivity index (χ1v) is 10.8. The first-order chi connectivity index (χ1) is 15.1. The van der Waals surface area contributed by atoms with E-state index in [-0.39, 0.29) is 30.3 Å². The lowest BCUT2D eigenvalue weighted by Crippen LogP contribution is -2.44. The molecule has 2 aliphatic rings. The van der Waals surface area contributed by atoms with Crippen LogP contribution in [0, 0.1) is 11.7 Å². The molecule has 1 aromatic carbocycles. The summed E-state index contributed by atoms with van der Waals surface area (Å²) in [6, 6.07) is 6.36. The van der Waals surface area contributed by atoms with Crippen molar-refractivity contribution in [1.29, 1.82) is 0 Å². The van der Waals surface area contributed by atoms with Crippen molar-refractivity contribution in [3.8, 4) is 0 Å². The highest BCUT2D eigenvalue weighted by Crippen LogP contribution is 2.24.